The summed E-state index contributed by atoms with van der Waals surface area (Å²) < 4.78 is 9.66. The second kappa shape index (κ2) is 24.4. The third kappa shape index (κ3) is 12.4. The van der Waals surface area contributed by atoms with Crippen molar-refractivity contribution in [2.45, 2.75) is 123 Å². The predicted molar refractivity (Wildman–Crippen MR) is 258 cm³/mol. The van der Waals surface area contributed by atoms with Gasteiger partial charge < -0.3 is 30.4 Å². The van der Waals surface area contributed by atoms with E-state index in [4.69, 9.17) is 58.6 Å². The number of aromatic nitrogens is 2. The maximum Gasteiger partial charge on any atom is 0.373 e. The number of carboxylic acids is 1. The van der Waals surface area contributed by atoms with Crippen molar-refractivity contribution < 1.29 is 38.6 Å². The molecule has 2 saturated carbocycles. The molecule has 12 nitrogen and oxygen atoms in total. The number of carbonyl (C=O) groups is 2. The van der Waals surface area contributed by atoms with Gasteiger partial charge in [-0.05, 0) is 129 Å². The van der Waals surface area contributed by atoms with Gasteiger partial charge in [-0.15, -0.1) is 0 Å². The van der Waals surface area contributed by atoms with E-state index < -0.39 is 5.97 Å². The predicted octanol–water partition coefficient (Wildman–Crippen LogP) is 12.1. The molecule has 2 aromatic heterocycles. The lowest BCUT2D eigenvalue weighted by Crippen LogP contribution is -2.11. The third-order valence-corrected chi connectivity index (χ3v) is 12.9. The highest BCUT2D eigenvalue weighted by Gasteiger charge is 2.29. The number of fused-ring (bicyclic) bond motifs is 2. The highest BCUT2D eigenvalue weighted by atomic mass is 35.5. The highest BCUT2D eigenvalue weighted by molar-refractivity contribution is 6.31. The minimum atomic E-state index is -0.797. The quantitative estimate of drug-likeness (QED) is 0.0831. The average Bonchev–Trinajstić information content (AvgIpc) is 3.77. The Morgan fingerprint density at radius 3 is 1.39 bits per heavy atom. The van der Waals surface area contributed by atoms with Gasteiger partial charge in [0.05, 0.1) is 30.8 Å². The summed E-state index contributed by atoms with van der Waals surface area (Å²) in [6.45, 7) is 7.40. The minimum absolute atomic E-state index is 0.0717. The first-order chi connectivity index (χ1) is 31.8. The molecule has 0 radical (unpaired) electrons. The molecule has 0 saturated heterocycles. The summed E-state index contributed by atoms with van der Waals surface area (Å²) in [6, 6.07) is 24.5. The molecule has 0 bridgehead atoms. The fourth-order valence-electron chi connectivity index (χ4n) is 9.77. The number of carbonyl (C=O) groups excluding carboxylic acids is 5. The van der Waals surface area contributed by atoms with Crippen LogP contribution in [-0.2, 0) is 46.6 Å². The molecule has 0 spiro atoms. The molecule has 14 heteroatoms. The molecule has 0 aliphatic heterocycles. The monoisotopic (exact) mass is 936 g/mol. The van der Waals surface area contributed by atoms with Gasteiger partial charge in [0.1, 0.15) is 0 Å². The van der Waals surface area contributed by atoms with Gasteiger partial charge in [-0.2, -0.15) is 19.2 Å². The summed E-state index contributed by atoms with van der Waals surface area (Å²) in [7, 11) is 0. The molecular weight excluding hydrogens is 879 g/mol. The number of esters is 1. The first kappa shape index (κ1) is 50.8. The molecule has 2 heterocycles. The number of nitrogens with two attached hydrogens (primary N) is 2. The first-order valence-electron chi connectivity index (χ1n) is 22.5. The van der Waals surface area contributed by atoms with E-state index in [-0.39, 0.29) is 24.7 Å². The molecule has 6 aromatic rings. The molecule has 348 valence electrons. The molecular formula is C52H58Cl2N4O8. The van der Waals surface area contributed by atoms with Gasteiger partial charge in [-0.1, -0.05) is 86.0 Å². The number of anilines is 2. The summed E-state index contributed by atoms with van der Waals surface area (Å²) >= 11 is 12.4. The van der Waals surface area contributed by atoms with Crippen LogP contribution in [-0.4, -0.2) is 45.1 Å². The molecule has 4 aromatic carbocycles. The third-order valence-electron chi connectivity index (χ3n) is 12.5. The van der Waals surface area contributed by atoms with Crippen molar-refractivity contribution >= 4 is 80.6 Å². The molecule has 2 aliphatic rings. The van der Waals surface area contributed by atoms with Crippen molar-refractivity contribution in [3.8, 4) is 22.5 Å². The Morgan fingerprint density at radius 2 is 1.03 bits per heavy atom. The van der Waals surface area contributed by atoms with Crippen LogP contribution < -0.4 is 11.5 Å². The number of aliphatic carboxylic acids is 1. The van der Waals surface area contributed by atoms with Gasteiger partial charge in [-0.3, -0.25) is 9.59 Å². The van der Waals surface area contributed by atoms with Gasteiger partial charge in [0.2, 0.25) is 0 Å². The minimum Gasteiger partial charge on any atom is -0.481 e. The average molecular weight is 938 g/mol. The summed E-state index contributed by atoms with van der Waals surface area (Å²) in [6.07, 6.45) is 13.1. The van der Waals surface area contributed by atoms with Gasteiger partial charge in [-0.25, -0.2) is 0 Å². The zero-order valence-electron chi connectivity index (χ0n) is 37.8. The van der Waals surface area contributed by atoms with Crippen LogP contribution in [0.5, 0.6) is 0 Å². The standard InChI is InChI=1S/C26H31ClN2O2.C24H27ClN2O2.2CO2/c1-3-31-24(30)13-14-29-23-15-17(2)9-11-21(23)25(18-7-5-4-6-8-18)26(29)20-12-10-19(27)16-22(20)28;1-15-7-9-19-21(13-15)27(12-11-22(28)29)24(18-10-8-17(25)14-20(18)26)23(19)16-5-3-2-4-6-16;2*2-1-3/h9-12,15-16,18H,3-8,13-14,28H2,1-2H3;7-10,13-14,16H,2-6,11-12,26H2,1H3,(H,28,29);;. The van der Waals surface area contributed by atoms with Crippen molar-refractivity contribution in [2.24, 2.45) is 0 Å². The van der Waals surface area contributed by atoms with Crippen LogP contribution >= 0.6 is 23.2 Å². The van der Waals surface area contributed by atoms with E-state index in [0.717, 1.165) is 52.0 Å². The van der Waals surface area contributed by atoms with E-state index in [0.29, 0.717) is 59.4 Å². The summed E-state index contributed by atoms with van der Waals surface area (Å²) in [5.41, 5.74) is 25.6. The van der Waals surface area contributed by atoms with E-state index in [1.54, 1.807) is 6.07 Å². The molecule has 8 rings (SSSR count). The Bertz CT molecular complexity index is 2700. The number of nitrogens with zero attached hydrogens (tertiary/aromatic N) is 2. The number of hydrogen-bond acceptors (Lipinski definition) is 9. The van der Waals surface area contributed by atoms with E-state index in [1.165, 1.54) is 78.8 Å². The second-order valence-electron chi connectivity index (χ2n) is 16.9. The Balaban J connectivity index is 0.000000222. The number of hydrogen-bond donors (Lipinski definition) is 3. The van der Waals surface area contributed by atoms with Crippen molar-refractivity contribution in [1.82, 2.24) is 9.13 Å². The fourth-order valence-corrected chi connectivity index (χ4v) is 10.1. The lowest BCUT2D eigenvalue weighted by atomic mass is 9.81. The van der Waals surface area contributed by atoms with Crippen LogP contribution in [0.3, 0.4) is 0 Å². The van der Waals surface area contributed by atoms with Gasteiger partial charge in [0.25, 0.3) is 0 Å². The van der Waals surface area contributed by atoms with Crippen LogP contribution in [0.15, 0.2) is 72.8 Å². The van der Waals surface area contributed by atoms with Crippen molar-refractivity contribution in [1.29, 1.82) is 0 Å². The topological polar surface area (TPSA) is 194 Å². The summed E-state index contributed by atoms with van der Waals surface area (Å²) in [5.74, 6) is -0.0158. The van der Waals surface area contributed by atoms with Crippen LogP contribution in [0.1, 0.15) is 118 Å². The van der Waals surface area contributed by atoms with Gasteiger partial charge in [0, 0.05) is 67.4 Å². The van der Waals surface area contributed by atoms with E-state index in [9.17, 15) is 14.7 Å². The summed E-state index contributed by atoms with van der Waals surface area (Å²) in [5, 5.41) is 13.1. The SMILES string of the molecule is CCOC(=O)CCn1c(-c2ccc(Cl)cc2N)c(C2CCCCC2)c2ccc(C)cc21.Cc1ccc2c(C3CCCCC3)c(-c3ccc(Cl)cc3N)n(CCC(=O)O)c2c1.O=C=O.O=C=O. The van der Waals surface area contributed by atoms with Gasteiger partial charge >= 0.3 is 24.2 Å². The second-order valence-corrected chi connectivity index (χ2v) is 17.7. The number of carboxylic acid groups (broad SMARTS) is 1. The Labute approximate surface area is 395 Å². The number of ether oxygens (including phenoxy) is 1. The largest absolute Gasteiger partial charge is 0.481 e. The number of benzene rings is 4. The summed E-state index contributed by atoms with van der Waals surface area (Å²) in [4.78, 5) is 56.1. The zero-order valence-corrected chi connectivity index (χ0v) is 39.3. The molecule has 0 unspecified atom stereocenters. The maximum absolute atomic E-state index is 12.2. The molecule has 5 N–H and O–H groups in total. The highest BCUT2D eigenvalue weighted by Crippen LogP contribution is 2.47. The Morgan fingerprint density at radius 1 is 0.636 bits per heavy atom. The number of nitrogen functional groups attached to an aromatic ring is 2. The Hall–Kier alpha value is -6.16. The van der Waals surface area contributed by atoms with E-state index in [2.05, 4.69) is 59.4 Å². The van der Waals surface area contributed by atoms with Gasteiger partial charge in [0.15, 0.2) is 0 Å². The van der Waals surface area contributed by atoms with Crippen molar-refractivity contribution in [3.05, 3.63) is 105 Å². The lowest BCUT2D eigenvalue weighted by molar-refractivity contribution is -0.193. The first-order valence-corrected chi connectivity index (χ1v) is 23.3. The molecule has 2 fully saturated rings. The molecule has 2 aliphatic carbocycles. The van der Waals surface area contributed by atoms with Crippen LogP contribution in [0.4, 0.5) is 11.4 Å². The molecule has 0 amide bonds. The molecule has 0 atom stereocenters. The number of rotatable bonds is 11. The van der Waals surface area contributed by atoms with Crippen LogP contribution in [0.2, 0.25) is 10.0 Å². The van der Waals surface area contributed by atoms with Crippen molar-refractivity contribution in [3.63, 3.8) is 0 Å². The van der Waals surface area contributed by atoms with Crippen LogP contribution in [0, 0.1) is 13.8 Å². The normalized spacial score (nSPS) is 13.8. The molecule has 66 heavy (non-hydrogen) atoms. The van der Waals surface area contributed by atoms with E-state index >= 15 is 0 Å². The maximum atomic E-state index is 12.2. The van der Waals surface area contributed by atoms with Crippen molar-refractivity contribution in [2.75, 3.05) is 18.1 Å². The van der Waals surface area contributed by atoms with E-state index in [1.807, 2.05) is 37.3 Å². The van der Waals surface area contributed by atoms with Crippen LogP contribution in [0.25, 0.3) is 44.3 Å². The Kier molecular flexibility index (Phi) is 18.8. The number of aryl methyl sites for hydroxylation is 4. The fraction of sp³-hybridized carbons (Fsp3) is 0.385. The lowest BCUT2D eigenvalue weighted by Gasteiger charge is -2.24. The zero-order chi connectivity index (χ0) is 47.9. The smallest absolute Gasteiger partial charge is 0.373 e. The number of halogens is 2.